The van der Waals surface area contributed by atoms with Crippen molar-refractivity contribution in [3.8, 4) is 11.3 Å². The van der Waals surface area contributed by atoms with Gasteiger partial charge in [0.2, 0.25) is 5.78 Å². The first-order chi connectivity index (χ1) is 12.4. The van der Waals surface area contributed by atoms with Crippen molar-refractivity contribution < 1.29 is 5.11 Å². The summed E-state index contributed by atoms with van der Waals surface area (Å²) in [5, 5.41) is 9.51. The Balaban J connectivity index is 2.13. The molecule has 0 spiro atoms. The summed E-state index contributed by atoms with van der Waals surface area (Å²) in [6.45, 7) is 2.28. The summed E-state index contributed by atoms with van der Waals surface area (Å²) >= 11 is 0. The molecular formula is C18H19N5O3. The van der Waals surface area contributed by atoms with E-state index in [4.69, 9.17) is 0 Å². The Hall–Kier alpha value is -3.13. The molecule has 0 radical (unpaired) electrons. The van der Waals surface area contributed by atoms with E-state index < -0.39 is 11.2 Å². The van der Waals surface area contributed by atoms with Gasteiger partial charge in [-0.15, -0.1) is 0 Å². The second kappa shape index (κ2) is 5.70. The van der Waals surface area contributed by atoms with E-state index in [0.29, 0.717) is 23.5 Å². The Labute approximate surface area is 148 Å². The average molecular weight is 353 g/mol. The number of aliphatic hydroxyl groups is 1. The number of aromatic nitrogens is 5. The molecule has 0 aliphatic carbocycles. The zero-order valence-corrected chi connectivity index (χ0v) is 14.8. The highest BCUT2D eigenvalue weighted by atomic mass is 16.3. The molecule has 4 rings (SSSR count). The van der Waals surface area contributed by atoms with Crippen LogP contribution in [0.5, 0.6) is 0 Å². The van der Waals surface area contributed by atoms with Crippen molar-refractivity contribution in [3.05, 3.63) is 56.9 Å². The first-order valence-corrected chi connectivity index (χ1v) is 8.29. The SMILES string of the molecule is Cc1ccc(-c2cn3c4c(=O)n(C)c(=O)n(C)c4nc3n2CCO)cc1. The highest BCUT2D eigenvalue weighted by molar-refractivity contribution is 5.78. The Morgan fingerprint density at radius 3 is 2.42 bits per heavy atom. The van der Waals surface area contributed by atoms with Crippen LogP contribution in [0.15, 0.2) is 40.1 Å². The van der Waals surface area contributed by atoms with Gasteiger partial charge in [-0.2, -0.15) is 4.98 Å². The van der Waals surface area contributed by atoms with Gasteiger partial charge in [0.25, 0.3) is 5.56 Å². The molecule has 8 heteroatoms. The standard InChI is InChI=1S/C18H19N5O3/c1-11-4-6-12(7-5-11)13-10-23-14-15(19-17(23)22(13)8-9-24)20(2)18(26)21(3)16(14)25/h4-7,10,24H,8-9H2,1-3H3. The number of imidazole rings is 2. The summed E-state index contributed by atoms with van der Waals surface area (Å²) in [6.07, 6.45) is 1.83. The van der Waals surface area contributed by atoms with Crippen molar-refractivity contribution in [3.63, 3.8) is 0 Å². The van der Waals surface area contributed by atoms with Gasteiger partial charge in [0.05, 0.1) is 12.3 Å². The van der Waals surface area contributed by atoms with Crippen molar-refractivity contribution >= 4 is 16.9 Å². The van der Waals surface area contributed by atoms with Gasteiger partial charge in [-0.05, 0) is 12.5 Å². The summed E-state index contributed by atoms with van der Waals surface area (Å²) in [7, 11) is 3.04. The fourth-order valence-corrected chi connectivity index (χ4v) is 3.29. The minimum atomic E-state index is -0.421. The molecule has 3 heterocycles. The van der Waals surface area contributed by atoms with Gasteiger partial charge in [-0.1, -0.05) is 29.8 Å². The van der Waals surface area contributed by atoms with Gasteiger partial charge in [-0.3, -0.25) is 18.3 Å². The lowest BCUT2D eigenvalue weighted by molar-refractivity contribution is 0.278. The van der Waals surface area contributed by atoms with Crippen LogP contribution in [-0.2, 0) is 20.6 Å². The molecule has 0 atom stereocenters. The number of hydrogen-bond acceptors (Lipinski definition) is 4. The van der Waals surface area contributed by atoms with E-state index in [1.807, 2.05) is 42.0 Å². The summed E-state index contributed by atoms with van der Waals surface area (Å²) in [5.41, 5.74) is 2.81. The fraction of sp³-hybridized carbons (Fsp3) is 0.278. The molecule has 0 saturated heterocycles. The minimum Gasteiger partial charge on any atom is -0.395 e. The first-order valence-electron chi connectivity index (χ1n) is 8.29. The number of nitrogens with zero attached hydrogens (tertiary/aromatic N) is 5. The van der Waals surface area contributed by atoms with E-state index in [2.05, 4.69) is 4.98 Å². The van der Waals surface area contributed by atoms with Gasteiger partial charge in [-0.25, -0.2) is 4.79 Å². The largest absolute Gasteiger partial charge is 0.395 e. The first kappa shape index (κ1) is 16.3. The molecule has 0 amide bonds. The quantitative estimate of drug-likeness (QED) is 0.586. The van der Waals surface area contributed by atoms with Crippen LogP contribution in [0, 0.1) is 6.92 Å². The van der Waals surface area contributed by atoms with Gasteiger partial charge < -0.3 is 9.67 Å². The molecule has 0 unspecified atom stereocenters. The molecule has 0 fully saturated rings. The molecular weight excluding hydrogens is 334 g/mol. The molecule has 3 aromatic heterocycles. The van der Waals surface area contributed by atoms with Crippen LogP contribution in [0.1, 0.15) is 5.56 Å². The van der Waals surface area contributed by atoms with Crippen LogP contribution in [0.25, 0.3) is 28.2 Å². The topological polar surface area (TPSA) is 86.5 Å². The summed E-state index contributed by atoms with van der Waals surface area (Å²) in [6, 6.07) is 8.01. The number of fused-ring (bicyclic) bond motifs is 3. The maximum Gasteiger partial charge on any atom is 0.332 e. The van der Waals surface area contributed by atoms with Crippen LogP contribution in [0.2, 0.25) is 0 Å². The molecule has 0 aliphatic rings. The molecule has 0 aliphatic heterocycles. The summed E-state index contributed by atoms with van der Waals surface area (Å²) in [5.74, 6) is 0.517. The smallest absolute Gasteiger partial charge is 0.332 e. The van der Waals surface area contributed by atoms with Crippen LogP contribution in [0.4, 0.5) is 0 Å². The Kier molecular flexibility index (Phi) is 3.58. The van der Waals surface area contributed by atoms with Gasteiger partial charge >= 0.3 is 5.69 Å². The molecule has 4 aromatic rings. The number of aryl methyl sites for hydroxylation is 2. The van der Waals surface area contributed by atoms with Gasteiger partial charge in [0, 0.05) is 26.8 Å². The predicted molar refractivity (Wildman–Crippen MR) is 98.4 cm³/mol. The van der Waals surface area contributed by atoms with Crippen LogP contribution >= 0.6 is 0 Å². The number of aliphatic hydroxyl groups excluding tert-OH is 1. The van der Waals surface area contributed by atoms with Crippen LogP contribution in [0.3, 0.4) is 0 Å². The lowest BCUT2D eigenvalue weighted by Crippen LogP contribution is -2.37. The van der Waals surface area contributed by atoms with Gasteiger partial charge in [0.1, 0.15) is 0 Å². The van der Waals surface area contributed by atoms with Crippen molar-refractivity contribution in [1.29, 1.82) is 0 Å². The van der Waals surface area contributed by atoms with E-state index in [0.717, 1.165) is 21.4 Å². The number of rotatable bonds is 3. The lowest BCUT2D eigenvalue weighted by atomic mass is 10.1. The normalized spacial score (nSPS) is 11.7. The molecule has 0 bridgehead atoms. The predicted octanol–water partition coefficient (Wildman–Crippen LogP) is 0.654. The molecule has 0 saturated carbocycles. The number of hydrogen-bond donors (Lipinski definition) is 1. The third-order valence-electron chi connectivity index (χ3n) is 4.73. The third kappa shape index (κ3) is 2.15. The van der Waals surface area contributed by atoms with Crippen LogP contribution in [-0.4, -0.2) is 34.8 Å². The molecule has 8 nitrogen and oxygen atoms in total. The second-order valence-corrected chi connectivity index (χ2v) is 6.42. The lowest BCUT2D eigenvalue weighted by Gasteiger charge is -2.07. The van der Waals surface area contributed by atoms with E-state index in [1.54, 1.807) is 11.4 Å². The third-order valence-corrected chi connectivity index (χ3v) is 4.73. The second-order valence-electron chi connectivity index (χ2n) is 6.42. The Morgan fingerprint density at radius 2 is 1.77 bits per heavy atom. The summed E-state index contributed by atoms with van der Waals surface area (Å²) < 4.78 is 5.99. The zero-order valence-electron chi connectivity index (χ0n) is 14.8. The summed E-state index contributed by atoms with van der Waals surface area (Å²) in [4.78, 5) is 29.4. The van der Waals surface area contributed by atoms with Crippen molar-refractivity contribution in [2.75, 3.05) is 6.61 Å². The molecule has 1 N–H and O–H groups in total. The van der Waals surface area contributed by atoms with Crippen molar-refractivity contribution in [2.24, 2.45) is 14.1 Å². The monoisotopic (exact) mass is 353 g/mol. The zero-order chi connectivity index (χ0) is 18.6. The maximum absolute atomic E-state index is 12.7. The van der Waals surface area contributed by atoms with E-state index in [9.17, 15) is 14.7 Å². The van der Waals surface area contributed by atoms with E-state index in [-0.39, 0.29) is 6.61 Å². The van der Waals surface area contributed by atoms with E-state index >= 15 is 0 Å². The average Bonchev–Trinajstić information content (AvgIpc) is 3.16. The molecule has 26 heavy (non-hydrogen) atoms. The molecule has 1 aromatic carbocycles. The van der Waals surface area contributed by atoms with E-state index in [1.165, 1.54) is 11.6 Å². The van der Waals surface area contributed by atoms with Gasteiger partial charge in [0.15, 0.2) is 11.2 Å². The Bertz CT molecular complexity index is 1250. The van der Waals surface area contributed by atoms with Crippen molar-refractivity contribution in [1.82, 2.24) is 23.1 Å². The maximum atomic E-state index is 12.7. The Morgan fingerprint density at radius 1 is 1.08 bits per heavy atom. The van der Waals surface area contributed by atoms with Crippen LogP contribution < -0.4 is 11.2 Å². The highest BCUT2D eigenvalue weighted by Gasteiger charge is 2.20. The molecule has 134 valence electrons. The van der Waals surface area contributed by atoms with Crippen molar-refractivity contribution in [2.45, 2.75) is 13.5 Å². The minimum absolute atomic E-state index is 0.0661. The fourth-order valence-electron chi connectivity index (χ4n) is 3.29. The highest BCUT2D eigenvalue weighted by Crippen LogP contribution is 2.25. The number of benzene rings is 1.